The van der Waals surface area contributed by atoms with E-state index in [2.05, 4.69) is 15.8 Å². The molecule has 2 rings (SSSR count). The lowest BCUT2D eigenvalue weighted by Crippen LogP contribution is -2.23. The number of nitrogens with one attached hydrogen (secondary N) is 2. The van der Waals surface area contributed by atoms with Gasteiger partial charge in [0.1, 0.15) is 0 Å². The van der Waals surface area contributed by atoms with E-state index in [1.807, 2.05) is 17.5 Å². The van der Waals surface area contributed by atoms with E-state index in [0.29, 0.717) is 5.69 Å². The van der Waals surface area contributed by atoms with E-state index < -0.39 is 4.92 Å². The van der Waals surface area contributed by atoms with Gasteiger partial charge in [0.25, 0.3) is 5.69 Å². The standard InChI is InChI=1S/C12H10N4O2S2/c17-16(18)10-4-1-3-9(7-10)14-12(19)15-13-8-11-5-2-6-20-11/h1-8H,(H2,14,15,19)/b13-8+. The maximum atomic E-state index is 10.6. The van der Waals surface area contributed by atoms with Crippen LogP contribution in [0.3, 0.4) is 0 Å². The van der Waals surface area contributed by atoms with Gasteiger partial charge in [-0.25, -0.2) is 0 Å². The molecule has 2 aromatic rings. The van der Waals surface area contributed by atoms with Crippen LogP contribution in [0.25, 0.3) is 0 Å². The minimum absolute atomic E-state index is 0.000105. The molecule has 0 aliphatic carbocycles. The molecule has 0 aliphatic rings. The Morgan fingerprint density at radius 1 is 1.40 bits per heavy atom. The van der Waals surface area contributed by atoms with Crippen LogP contribution in [0.5, 0.6) is 0 Å². The number of benzene rings is 1. The molecule has 102 valence electrons. The fourth-order valence-electron chi connectivity index (χ4n) is 1.38. The third kappa shape index (κ3) is 4.11. The van der Waals surface area contributed by atoms with E-state index in [1.165, 1.54) is 12.1 Å². The Labute approximate surface area is 124 Å². The number of thiophene rings is 1. The van der Waals surface area contributed by atoms with Crippen LogP contribution in [0.15, 0.2) is 46.9 Å². The lowest BCUT2D eigenvalue weighted by molar-refractivity contribution is -0.384. The van der Waals surface area contributed by atoms with Gasteiger partial charge in [-0.2, -0.15) is 5.10 Å². The highest BCUT2D eigenvalue weighted by atomic mass is 32.1. The summed E-state index contributed by atoms with van der Waals surface area (Å²) < 4.78 is 0. The SMILES string of the molecule is O=[N+]([O-])c1cccc(NC(=S)N/N=C/c2cccs2)c1. The third-order valence-electron chi connectivity index (χ3n) is 2.22. The number of nitro benzene ring substituents is 1. The van der Waals surface area contributed by atoms with Crippen molar-refractivity contribution < 1.29 is 4.92 Å². The zero-order valence-electron chi connectivity index (χ0n) is 10.1. The molecule has 20 heavy (non-hydrogen) atoms. The molecule has 0 spiro atoms. The van der Waals surface area contributed by atoms with E-state index in [9.17, 15) is 10.1 Å². The summed E-state index contributed by atoms with van der Waals surface area (Å²) in [6, 6.07) is 9.92. The van der Waals surface area contributed by atoms with Crippen LogP contribution in [0.1, 0.15) is 4.88 Å². The Morgan fingerprint density at radius 3 is 2.95 bits per heavy atom. The monoisotopic (exact) mass is 306 g/mol. The van der Waals surface area contributed by atoms with Gasteiger partial charge in [0.15, 0.2) is 5.11 Å². The number of rotatable bonds is 4. The Morgan fingerprint density at radius 2 is 2.25 bits per heavy atom. The summed E-state index contributed by atoms with van der Waals surface area (Å²) in [5.41, 5.74) is 3.18. The minimum atomic E-state index is -0.462. The predicted molar refractivity (Wildman–Crippen MR) is 84.4 cm³/mol. The Bertz CT molecular complexity index is 641. The number of hydrazone groups is 1. The van der Waals surface area contributed by atoms with Crippen LogP contribution < -0.4 is 10.7 Å². The van der Waals surface area contributed by atoms with Crippen molar-refractivity contribution in [2.75, 3.05) is 5.32 Å². The van der Waals surface area contributed by atoms with Gasteiger partial charge >= 0.3 is 0 Å². The van der Waals surface area contributed by atoms with Gasteiger partial charge in [-0.05, 0) is 29.7 Å². The van der Waals surface area contributed by atoms with E-state index in [4.69, 9.17) is 12.2 Å². The number of nitro groups is 1. The van der Waals surface area contributed by atoms with Crippen LogP contribution >= 0.6 is 23.6 Å². The first kappa shape index (κ1) is 14.1. The van der Waals surface area contributed by atoms with Crippen molar-refractivity contribution in [1.29, 1.82) is 0 Å². The summed E-state index contributed by atoms with van der Waals surface area (Å²) in [4.78, 5) is 11.2. The Balaban J connectivity index is 1.91. The molecule has 0 radical (unpaired) electrons. The third-order valence-corrected chi connectivity index (χ3v) is 3.22. The van der Waals surface area contributed by atoms with Gasteiger partial charge < -0.3 is 5.32 Å². The van der Waals surface area contributed by atoms with Crippen molar-refractivity contribution in [3.8, 4) is 0 Å². The maximum Gasteiger partial charge on any atom is 0.271 e. The van der Waals surface area contributed by atoms with E-state index >= 15 is 0 Å². The fourth-order valence-corrected chi connectivity index (χ4v) is 2.13. The van der Waals surface area contributed by atoms with Crippen molar-refractivity contribution >= 4 is 46.3 Å². The Hall–Kier alpha value is -2.32. The van der Waals surface area contributed by atoms with E-state index in [1.54, 1.807) is 29.7 Å². The smallest absolute Gasteiger partial charge is 0.271 e. The molecule has 0 saturated carbocycles. The summed E-state index contributed by atoms with van der Waals surface area (Å²) in [5, 5.41) is 19.6. The lowest BCUT2D eigenvalue weighted by Gasteiger charge is -2.06. The number of hydrogen-bond donors (Lipinski definition) is 2. The van der Waals surface area contributed by atoms with Gasteiger partial charge in [0.05, 0.1) is 11.1 Å². The first-order valence-electron chi connectivity index (χ1n) is 5.53. The normalized spacial score (nSPS) is 10.4. The molecular weight excluding hydrogens is 296 g/mol. The molecule has 1 aromatic heterocycles. The van der Waals surface area contributed by atoms with E-state index in [0.717, 1.165) is 4.88 Å². The molecule has 2 N–H and O–H groups in total. The molecule has 8 heteroatoms. The van der Waals surface area contributed by atoms with Crippen LogP contribution in [-0.2, 0) is 0 Å². The molecule has 1 heterocycles. The van der Waals surface area contributed by atoms with Gasteiger partial charge in [-0.15, -0.1) is 11.3 Å². The first-order chi connectivity index (χ1) is 9.65. The van der Waals surface area contributed by atoms with Crippen molar-refractivity contribution in [2.24, 2.45) is 5.10 Å². The highest BCUT2D eigenvalue weighted by Crippen LogP contribution is 2.16. The van der Waals surface area contributed by atoms with Crippen LogP contribution in [0, 0.1) is 10.1 Å². The zero-order valence-corrected chi connectivity index (χ0v) is 11.8. The number of hydrogen-bond acceptors (Lipinski definition) is 5. The molecule has 0 saturated heterocycles. The summed E-state index contributed by atoms with van der Waals surface area (Å²) in [7, 11) is 0. The lowest BCUT2D eigenvalue weighted by atomic mass is 10.3. The first-order valence-corrected chi connectivity index (χ1v) is 6.82. The van der Waals surface area contributed by atoms with Crippen molar-refractivity contribution in [3.05, 3.63) is 56.8 Å². The summed E-state index contributed by atoms with van der Waals surface area (Å²) in [6.45, 7) is 0. The molecular formula is C12H10N4O2S2. The topological polar surface area (TPSA) is 79.6 Å². The number of nitrogens with zero attached hydrogens (tertiary/aromatic N) is 2. The predicted octanol–water partition coefficient (Wildman–Crippen LogP) is 2.98. The average Bonchev–Trinajstić information content (AvgIpc) is 2.92. The molecule has 1 aromatic carbocycles. The minimum Gasteiger partial charge on any atom is -0.331 e. The number of anilines is 1. The molecule has 0 atom stereocenters. The molecule has 0 aliphatic heterocycles. The summed E-state index contributed by atoms with van der Waals surface area (Å²) >= 11 is 6.59. The average molecular weight is 306 g/mol. The van der Waals surface area contributed by atoms with Crippen molar-refractivity contribution in [3.63, 3.8) is 0 Å². The van der Waals surface area contributed by atoms with Gasteiger partial charge in [-0.3, -0.25) is 15.5 Å². The largest absolute Gasteiger partial charge is 0.331 e. The molecule has 0 fully saturated rings. The van der Waals surface area contributed by atoms with Gasteiger partial charge in [-0.1, -0.05) is 12.1 Å². The molecule has 0 bridgehead atoms. The molecule has 0 amide bonds. The van der Waals surface area contributed by atoms with Gasteiger partial charge in [0, 0.05) is 22.7 Å². The van der Waals surface area contributed by atoms with Crippen molar-refractivity contribution in [2.45, 2.75) is 0 Å². The second-order valence-corrected chi connectivity index (χ2v) is 5.03. The summed E-state index contributed by atoms with van der Waals surface area (Å²) in [6.07, 6.45) is 1.64. The number of thiocarbonyl (C=S) groups is 1. The highest BCUT2D eigenvalue weighted by molar-refractivity contribution is 7.80. The van der Waals surface area contributed by atoms with E-state index in [-0.39, 0.29) is 10.8 Å². The van der Waals surface area contributed by atoms with Crippen LogP contribution in [0.4, 0.5) is 11.4 Å². The second kappa shape index (κ2) is 6.73. The van der Waals surface area contributed by atoms with Crippen LogP contribution in [0.2, 0.25) is 0 Å². The summed E-state index contributed by atoms with van der Waals surface area (Å²) in [5.74, 6) is 0. The van der Waals surface area contributed by atoms with Crippen molar-refractivity contribution in [1.82, 2.24) is 5.43 Å². The quantitative estimate of drug-likeness (QED) is 0.393. The number of non-ortho nitro benzene ring substituents is 1. The fraction of sp³-hybridized carbons (Fsp3) is 0. The molecule has 0 unspecified atom stereocenters. The molecule has 6 nitrogen and oxygen atoms in total. The van der Waals surface area contributed by atoms with Crippen LogP contribution in [-0.4, -0.2) is 16.3 Å². The zero-order chi connectivity index (χ0) is 14.4. The Kier molecular flexibility index (Phi) is 4.75. The maximum absolute atomic E-state index is 10.6. The highest BCUT2D eigenvalue weighted by Gasteiger charge is 2.05. The van der Waals surface area contributed by atoms with Gasteiger partial charge in [0.2, 0.25) is 0 Å². The second-order valence-electron chi connectivity index (χ2n) is 3.65.